The summed E-state index contributed by atoms with van der Waals surface area (Å²) in [5.74, 6) is 0. The zero-order valence-electron chi connectivity index (χ0n) is 12.9. The quantitative estimate of drug-likeness (QED) is 0.468. The maximum Gasteiger partial charge on any atom is 0.416 e. The number of hydrogen-bond donors (Lipinski definition) is 1. The van der Waals surface area contributed by atoms with Crippen LogP contribution in [0, 0.1) is 0 Å². The lowest BCUT2D eigenvalue weighted by molar-refractivity contribution is -0.137. The van der Waals surface area contributed by atoms with Gasteiger partial charge in [-0.25, -0.2) is 13.1 Å². The fraction of sp³-hybridized carbons (Fsp3) is 0.600. The molecule has 1 rings (SSSR count). The van der Waals surface area contributed by atoms with Crippen molar-refractivity contribution in [1.82, 2.24) is 4.72 Å². The van der Waals surface area contributed by atoms with Gasteiger partial charge < -0.3 is 0 Å². The van der Waals surface area contributed by atoms with E-state index in [-0.39, 0.29) is 10.9 Å². The molecule has 132 valence electrons. The Morgan fingerprint density at radius 2 is 1.74 bits per heavy atom. The molecule has 1 N–H and O–H groups in total. The van der Waals surface area contributed by atoms with Gasteiger partial charge in [-0.1, -0.05) is 48.5 Å². The molecule has 0 amide bonds. The summed E-state index contributed by atoms with van der Waals surface area (Å²) in [5, 5.41) is 0.457. The Hall–Kier alpha value is -0.600. The van der Waals surface area contributed by atoms with Crippen LogP contribution in [0.1, 0.15) is 44.6 Å². The highest BCUT2D eigenvalue weighted by molar-refractivity contribution is 9.09. The first kappa shape index (κ1) is 20.4. The van der Waals surface area contributed by atoms with Crippen LogP contribution in [0.25, 0.3) is 0 Å². The molecule has 0 fully saturated rings. The van der Waals surface area contributed by atoms with E-state index < -0.39 is 21.8 Å². The number of nitrogens with one attached hydrogen (secondary N) is 1. The predicted molar refractivity (Wildman–Crippen MR) is 88.1 cm³/mol. The molecular formula is C15H21BrF3NO2S. The second-order valence-corrected chi connectivity index (χ2v) is 7.71. The summed E-state index contributed by atoms with van der Waals surface area (Å²) in [6.45, 7) is 2.09. The average Bonchev–Trinajstić information content (AvgIpc) is 2.49. The second kappa shape index (κ2) is 9.03. The first-order valence-electron chi connectivity index (χ1n) is 7.46. The first-order valence-corrected chi connectivity index (χ1v) is 10.1. The van der Waals surface area contributed by atoms with E-state index >= 15 is 0 Å². The molecule has 0 spiro atoms. The number of alkyl halides is 4. The minimum absolute atomic E-state index is 0.162. The molecule has 8 heteroatoms. The van der Waals surface area contributed by atoms with Crippen molar-refractivity contribution < 1.29 is 21.6 Å². The maximum atomic E-state index is 12.5. The molecule has 1 aromatic rings. The van der Waals surface area contributed by atoms with Gasteiger partial charge in [-0.2, -0.15) is 13.2 Å². The van der Waals surface area contributed by atoms with Gasteiger partial charge in [0.25, 0.3) is 0 Å². The topological polar surface area (TPSA) is 46.2 Å². The standard InChI is InChI=1S/C15H21BrF3NO2S/c1-2-3-4-5-6-13(11-16)20-23(21,22)14-9-7-12(8-10-14)15(17,18)19/h7-10,13,20H,2-6,11H2,1H3. The normalized spacial score (nSPS) is 14.0. The third-order valence-electron chi connectivity index (χ3n) is 3.41. The first-order chi connectivity index (χ1) is 10.7. The second-order valence-electron chi connectivity index (χ2n) is 5.34. The summed E-state index contributed by atoms with van der Waals surface area (Å²) in [7, 11) is -3.82. The van der Waals surface area contributed by atoms with Crippen molar-refractivity contribution in [1.29, 1.82) is 0 Å². The Bertz CT molecular complexity index is 573. The molecule has 0 saturated carbocycles. The zero-order valence-corrected chi connectivity index (χ0v) is 15.3. The number of benzene rings is 1. The molecule has 0 aliphatic heterocycles. The van der Waals surface area contributed by atoms with Crippen LogP contribution in [-0.4, -0.2) is 19.8 Å². The summed E-state index contributed by atoms with van der Waals surface area (Å²) in [4.78, 5) is -0.162. The fourth-order valence-corrected chi connectivity index (χ4v) is 4.07. The summed E-state index contributed by atoms with van der Waals surface area (Å²) in [6.07, 6.45) is 0.330. The highest BCUT2D eigenvalue weighted by atomic mass is 79.9. The predicted octanol–water partition coefficient (Wildman–Crippen LogP) is 4.72. The Morgan fingerprint density at radius 3 is 2.22 bits per heavy atom. The Morgan fingerprint density at radius 1 is 1.13 bits per heavy atom. The molecule has 0 aliphatic rings. The van der Waals surface area contributed by atoms with Gasteiger partial charge in [-0.15, -0.1) is 0 Å². The number of unbranched alkanes of at least 4 members (excludes halogenated alkanes) is 3. The molecule has 1 atom stereocenters. The number of rotatable bonds is 9. The van der Waals surface area contributed by atoms with Crippen LogP contribution in [0.3, 0.4) is 0 Å². The van der Waals surface area contributed by atoms with Gasteiger partial charge in [-0.05, 0) is 30.7 Å². The Kier molecular flexibility index (Phi) is 8.03. The summed E-state index contributed by atoms with van der Waals surface area (Å²) < 4.78 is 64.5. The molecule has 0 heterocycles. The monoisotopic (exact) mass is 415 g/mol. The van der Waals surface area contributed by atoms with E-state index in [0.717, 1.165) is 49.9 Å². The van der Waals surface area contributed by atoms with E-state index in [4.69, 9.17) is 0 Å². The highest BCUT2D eigenvalue weighted by Gasteiger charge is 2.30. The van der Waals surface area contributed by atoms with Gasteiger partial charge in [0.05, 0.1) is 10.5 Å². The van der Waals surface area contributed by atoms with Crippen LogP contribution >= 0.6 is 15.9 Å². The largest absolute Gasteiger partial charge is 0.416 e. The van der Waals surface area contributed by atoms with E-state index in [1.807, 2.05) is 0 Å². The summed E-state index contributed by atoms with van der Waals surface area (Å²) in [6, 6.07) is 3.23. The SMILES string of the molecule is CCCCCCC(CBr)NS(=O)(=O)c1ccc(C(F)(F)F)cc1. The zero-order chi connectivity index (χ0) is 17.5. The van der Waals surface area contributed by atoms with Crippen molar-refractivity contribution in [3.63, 3.8) is 0 Å². The maximum absolute atomic E-state index is 12.5. The van der Waals surface area contributed by atoms with Crippen molar-refractivity contribution in [2.45, 2.75) is 56.1 Å². The van der Waals surface area contributed by atoms with Gasteiger partial charge in [-0.3, -0.25) is 0 Å². The van der Waals surface area contributed by atoms with Crippen molar-refractivity contribution in [2.75, 3.05) is 5.33 Å². The van der Waals surface area contributed by atoms with Gasteiger partial charge in [0, 0.05) is 11.4 Å². The van der Waals surface area contributed by atoms with Gasteiger partial charge in [0.15, 0.2) is 0 Å². The Balaban J connectivity index is 2.73. The number of halogens is 4. The van der Waals surface area contributed by atoms with Crippen LogP contribution < -0.4 is 4.72 Å². The van der Waals surface area contributed by atoms with Crippen LogP contribution in [0.5, 0.6) is 0 Å². The lowest BCUT2D eigenvalue weighted by atomic mass is 10.1. The van der Waals surface area contributed by atoms with Gasteiger partial charge in [0.2, 0.25) is 10.0 Å². The van der Waals surface area contributed by atoms with Crippen LogP contribution in [0.4, 0.5) is 13.2 Å². The van der Waals surface area contributed by atoms with Crippen molar-refractivity contribution in [3.05, 3.63) is 29.8 Å². The average molecular weight is 416 g/mol. The van der Waals surface area contributed by atoms with Crippen LogP contribution in [0.15, 0.2) is 29.2 Å². The number of hydrogen-bond acceptors (Lipinski definition) is 2. The van der Waals surface area contributed by atoms with Crippen molar-refractivity contribution in [3.8, 4) is 0 Å². The molecule has 23 heavy (non-hydrogen) atoms. The lowest BCUT2D eigenvalue weighted by Crippen LogP contribution is -2.36. The lowest BCUT2D eigenvalue weighted by Gasteiger charge is -2.16. The van der Waals surface area contributed by atoms with Crippen LogP contribution in [0.2, 0.25) is 0 Å². The number of sulfonamides is 1. The molecule has 1 unspecified atom stereocenters. The summed E-state index contributed by atoms with van der Waals surface area (Å²) >= 11 is 3.27. The van der Waals surface area contributed by atoms with E-state index in [2.05, 4.69) is 27.6 Å². The fourth-order valence-electron chi connectivity index (χ4n) is 2.10. The molecule has 0 saturated heterocycles. The molecule has 1 aromatic carbocycles. The molecule has 0 radical (unpaired) electrons. The molecule has 0 aliphatic carbocycles. The van der Waals surface area contributed by atoms with E-state index in [9.17, 15) is 21.6 Å². The van der Waals surface area contributed by atoms with Crippen LogP contribution in [-0.2, 0) is 16.2 Å². The molecular weight excluding hydrogens is 395 g/mol. The van der Waals surface area contributed by atoms with E-state index in [0.29, 0.717) is 11.8 Å². The molecule has 0 bridgehead atoms. The Labute approximate surface area is 143 Å². The minimum Gasteiger partial charge on any atom is -0.207 e. The molecule has 0 aromatic heterocycles. The third-order valence-corrected chi connectivity index (χ3v) is 5.72. The smallest absolute Gasteiger partial charge is 0.207 e. The van der Waals surface area contributed by atoms with Crippen molar-refractivity contribution >= 4 is 26.0 Å². The molecule has 3 nitrogen and oxygen atoms in total. The van der Waals surface area contributed by atoms with E-state index in [1.54, 1.807) is 0 Å². The van der Waals surface area contributed by atoms with Crippen molar-refractivity contribution in [2.24, 2.45) is 0 Å². The highest BCUT2D eigenvalue weighted by Crippen LogP contribution is 2.29. The van der Waals surface area contributed by atoms with E-state index in [1.165, 1.54) is 0 Å². The van der Waals surface area contributed by atoms with Gasteiger partial charge in [0.1, 0.15) is 0 Å². The summed E-state index contributed by atoms with van der Waals surface area (Å²) in [5.41, 5.74) is -0.868. The minimum atomic E-state index is -4.48. The van der Waals surface area contributed by atoms with Gasteiger partial charge >= 0.3 is 6.18 Å². The third kappa shape index (κ3) is 6.81.